The van der Waals surface area contributed by atoms with Gasteiger partial charge in [-0.3, -0.25) is 0 Å². The summed E-state index contributed by atoms with van der Waals surface area (Å²) in [5, 5.41) is 15.8. The lowest BCUT2D eigenvalue weighted by molar-refractivity contribution is -0.0896. The number of piperidine rings is 2. The number of hydrogen-bond donors (Lipinski definition) is 1. The minimum absolute atomic E-state index is 0.00781. The molecular formula is C25H27N3O3. The van der Waals surface area contributed by atoms with Crippen LogP contribution in [0.25, 0.3) is 5.69 Å². The molecule has 6 nitrogen and oxygen atoms in total. The number of nitrogens with zero attached hydrogens (tertiary/aromatic N) is 3. The van der Waals surface area contributed by atoms with E-state index in [2.05, 4.69) is 5.10 Å². The van der Waals surface area contributed by atoms with Crippen LogP contribution >= 0.6 is 0 Å². The van der Waals surface area contributed by atoms with Gasteiger partial charge in [0.25, 0.3) is 0 Å². The second kappa shape index (κ2) is 8.19. The summed E-state index contributed by atoms with van der Waals surface area (Å²) in [6.07, 6.45) is 7.30. The Morgan fingerprint density at radius 2 is 1.74 bits per heavy atom. The first-order valence-corrected chi connectivity index (χ1v) is 10.9. The number of rotatable bonds is 4. The Bertz CT molecular complexity index is 1000. The number of benzene rings is 2. The first-order valence-electron chi connectivity index (χ1n) is 10.9. The average molecular weight is 418 g/mol. The quantitative estimate of drug-likeness (QED) is 0.683. The van der Waals surface area contributed by atoms with Crippen LogP contribution in [0.1, 0.15) is 43.2 Å². The highest BCUT2D eigenvalue weighted by Gasteiger charge is 2.48. The van der Waals surface area contributed by atoms with E-state index in [-0.39, 0.29) is 24.8 Å². The van der Waals surface area contributed by atoms with Crippen LogP contribution in [0.5, 0.6) is 0 Å². The summed E-state index contributed by atoms with van der Waals surface area (Å²) in [6, 6.07) is 19.5. The van der Waals surface area contributed by atoms with Gasteiger partial charge in [-0.1, -0.05) is 42.5 Å². The maximum Gasteiger partial charge on any atom is 0.410 e. The molecule has 31 heavy (non-hydrogen) atoms. The topological polar surface area (TPSA) is 67.6 Å². The number of aromatic nitrogens is 2. The normalized spacial score (nSPS) is 25.3. The average Bonchev–Trinajstić information content (AvgIpc) is 3.33. The van der Waals surface area contributed by atoms with Crippen molar-refractivity contribution in [1.82, 2.24) is 14.7 Å². The van der Waals surface area contributed by atoms with E-state index in [9.17, 15) is 9.90 Å². The van der Waals surface area contributed by atoms with Crippen LogP contribution in [-0.4, -0.2) is 38.0 Å². The highest BCUT2D eigenvalue weighted by atomic mass is 16.6. The third kappa shape index (κ3) is 3.95. The van der Waals surface area contributed by atoms with Crippen LogP contribution in [0, 0.1) is 0 Å². The van der Waals surface area contributed by atoms with Gasteiger partial charge < -0.3 is 14.7 Å². The third-order valence-electron chi connectivity index (χ3n) is 6.60. The molecule has 1 N–H and O–H groups in total. The molecule has 2 aromatic carbocycles. The Morgan fingerprint density at radius 1 is 1.03 bits per heavy atom. The Labute approximate surface area is 182 Å². The van der Waals surface area contributed by atoms with Crippen molar-refractivity contribution in [3.63, 3.8) is 0 Å². The summed E-state index contributed by atoms with van der Waals surface area (Å²) in [6.45, 7) is 0.273. The monoisotopic (exact) mass is 417 g/mol. The van der Waals surface area contributed by atoms with E-state index < -0.39 is 5.60 Å². The number of carbonyl (C=O) groups excluding carboxylic acids is 1. The molecule has 0 saturated carbocycles. The molecule has 0 spiro atoms. The van der Waals surface area contributed by atoms with Crippen LogP contribution < -0.4 is 0 Å². The van der Waals surface area contributed by atoms with Crippen LogP contribution in [0.2, 0.25) is 0 Å². The lowest BCUT2D eigenvalue weighted by Gasteiger charge is -2.51. The van der Waals surface area contributed by atoms with E-state index in [1.807, 2.05) is 71.8 Å². The summed E-state index contributed by atoms with van der Waals surface area (Å²) in [5.41, 5.74) is 1.90. The van der Waals surface area contributed by atoms with Crippen molar-refractivity contribution in [3.8, 4) is 5.69 Å². The molecule has 2 saturated heterocycles. The summed E-state index contributed by atoms with van der Waals surface area (Å²) < 4.78 is 7.43. The van der Waals surface area contributed by atoms with Crippen molar-refractivity contribution < 1.29 is 14.6 Å². The summed E-state index contributed by atoms with van der Waals surface area (Å²) in [5.74, 6) is 0. The molecule has 1 aromatic heterocycles. The number of fused-ring (bicyclic) bond motifs is 2. The molecule has 1 amide bonds. The largest absolute Gasteiger partial charge is 0.445 e. The van der Waals surface area contributed by atoms with E-state index in [4.69, 9.17) is 4.74 Å². The molecule has 160 valence electrons. The van der Waals surface area contributed by atoms with Crippen molar-refractivity contribution in [2.24, 2.45) is 0 Å². The van der Waals surface area contributed by atoms with Gasteiger partial charge in [-0.15, -0.1) is 0 Å². The van der Waals surface area contributed by atoms with Gasteiger partial charge in [-0.25, -0.2) is 9.48 Å². The lowest BCUT2D eigenvalue weighted by atomic mass is 9.72. The predicted octanol–water partition coefficient (Wildman–Crippen LogP) is 4.41. The molecule has 2 unspecified atom stereocenters. The second-order valence-corrected chi connectivity index (χ2v) is 8.62. The van der Waals surface area contributed by atoms with Crippen LogP contribution in [0.15, 0.2) is 73.1 Å². The predicted molar refractivity (Wildman–Crippen MR) is 117 cm³/mol. The van der Waals surface area contributed by atoms with Gasteiger partial charge in [0.2, 0.25) is 0 Å². The van der Waals surface area contributed by atoms with Crippen molar-refractivity contribution in [2.45, 2.75) is 56.4 Å². The van der Waals surface area contributed by atoms with Gasteiger partial charge >= 0.3 is 6.09 Å². The van der Waals surface area contributed by atoms with Gasteiger partial charge in [0.15, 0.2) is 0 Å². The molecule has 3 aromatic rings. The fourth-order valence-corrected chi connectivity index (χ4v) is 5.10. The third-order valence-corrected chi connectivity index (χ3v) is 6.60. The maximum atomic E-state index is 12.9. The van der Waals surface area contributed by atoms with Gasteiger partial charge in [0.1, 0.15) is 6.61 Å². The molecule has 2 aliphatic heterocycles. The van der Waals surface area contributed by atoms with E-state index in [0.29, 0.717) is 12.8 Å². The Balaban J connectivity index is 1.30. The van der Waals surface area contributed by atoms with E-state index in [0.717, 1.165) is 36.1 Å². The molecule has 0 aliphatic carbocycles. The summed E-state index contributed by atoms with van der Waals surface area (Å²) in [7, 11) is 0. The molecule has 2 aliphatic rings. The molecular weight excluding hydrogens is 390 g/mol. The number of carbonyl (C=O) groups is 1. The standard InChI is InChI=1S/C25H27N3O3/c29-24(31-18-19-6-2-1-3-7-19)28-22-8-4-9-23(28)17-25(30,16-22)20-10-12-21(13-11-20)27-15-5-14-26-27/h1-3,5-7,10-15,22-23,30H,4,8-9,16-18H2. The van der Waals surface area contributed by atoms with Gasteiger partial charge in [0.05, 0.1) is 11.3 Å². The molecule has 2 atom stereocenters. The Morgan fingerprint density at radius 3 is 2.39 bits per heavy atom. The van der Waals surface area contributed by atoms with E-state index in [1.165, 1.54) is 0 Å². The van der Waals surface area contributed by atoms with Crippen molar-refractivity contribution in [2.75, 3.05) is 0 Å². The highest BCUT2D eigenvalue weighted by molar-refractivity contribution is 5.69. The molecule has 2 fully saturated rings. The fraction of sp³-hybridized carbons (Fsp3) is 0.360. The van der Waals surface area contributed by atoms with Gasteiger partial charge in [-0.05, 0) is 48.6 Å². The molecule has 3 heterocycles. The molecule has 5 rings (SSSR count). The zero-order chi connectivity index (χ0) is 21.3. The number of aliphatic hydroxyl groups is 1. The van der Waals surface area contributed by atoms with Gasteiger partial charge in [0, 0.05) is 37.3 Å². The first-order chi connectivity index (χ1) is 15.1. The second-order valence-electron chi connectivity index (χ2n) is 8.62. The number of ether oxygens (including phenoxy) is 1. The van der Waals surface area contributed by atoms with Crippen molar-refractivity contribution in [3.05, 3.63) is 84.2 Å². The minimum atomic E-state index is -0.936. The minimum Gasteiger partial charge on any atom is -0.445 e. The lowest BCUT2D eigenvalue weighted by Crippen LogP contribution is -2.58. The SMILES string of the molecule is O=C(OCc1ccccc1)N1C2CCCC1CC(O)(c1ccc(-n3cccn3)cc1)C2. The van der Waals surface area contributed by atoms with Gasteiger partial charge in [-0.2, -0.15) is 5.10 Å². The van der Waals surface area contributed by atoms with Crippen LogP contribution in [0.3, 0.4) is 0 Å². The fourth-order valence-electron chi connectivity index (χ4n) is 5.10. The molecule has 0 radical (unpaired) electrons. The first kappa shape index (κ1) is 19.8. The maximum absolute atomic E-state index is 12.9. The molecule has 6 heteroatoms. The molecule has 2 bridgehead atoms. The number of hydrogen-bond acceptors (Lipinski definition) is 4. The van der Waals surface area contributed by atoms with Crippen LogP contribution in [0.4, 0.5) is 4.79 Å². The van der Waals surface area contributed by atoms with Crippen molar-refractivity contribution >= 4 is 6.09 Å². The van der Waals surface area contributed by atoms with Crippen molar-refractivity contribution in [1.29, 1.82) is 0 Å². The zero-order valence-electron chi connectivity index (χ0n) is 17.4. The Hall–Kier alpha value is -3.12. The zero-order valence-corrected chi connectivity index (χ0v) is 17.4. The highest BCUT2D eigenvalue weighted by Crippen LogP contribution is 2.44. The van der Waals surface area contributed by atoms with E-state index in [1.54, 1.807) is 10.9 Å². The summed E-state index contributed by atoms with van der Waals surface area (Å²) >= 11 is 0. The van der Waals surface area contributed by atoms with Crippen LogP contribution in [-0.2, 0) is 16.9 Å². The Kier molecular flexibility index (Phi) is 5.24. The smallest absolute Gasteiger partial charge is 0.410 e. The van der Waals surface area contributed by atoms with E-state index >= 15 is 0 Å². The number of amides is 1. The summed E-state index contributed by atoms with van der Waals surface area (Å²) in [4.78, 5) is 14.8.